The third-order valence-corrected chi connectivity index (χ3v) is 5.73. The lowest BCUT2D eigenvalue weighted by Gasteiger charge is -2.43. The van der Waals surface area contributed by atoms with Crippen LogP contribution in [0.3, 0.4) is 0 Å². The van der Waals surface area contributed by atoms with Crippen LogP contribution in [0.1, 0.15) is 59.8 Å². The number of carbonyl (C=O) groups excluding carboxylic acids is 1. The van der Waals surface area contributed by atoms with Gasteiger partial charge >= 0.3 is 6.18 Å². The molecule has 2 aliphatic rings. The molecule has 1 aromatic carbocycles. The van der Waals surface area contributed by atoms with Gasteiger partial charge in [0.2, 0.25) is 0 Å². The second kappa shape index (κ2) is 8.31. The van der Waals surface area contributed by atoms with E-state index in [2.05, 4.69) is 20.9 Å². The zero-order chi connectivity index (χ0) is 19.8. The Morgan fingerprint density at radius 3 is 2.59 bits per heavy atom. The number of nitrogens with zero attached hydrogens (tertiary/aromatic N) is 3. The molecule has 2 fully saturated rings. The van der Waals surface area contributed by atoms with Crippen molar-refractivity contribution in [2.45, 2.75) is 49.9 Å². The molecule has 0 spiro atoms. The molecule has 1 aliphatic carbocycles. The Hall–Kier alpha value is -2.13. The highest BCUT2D eigenvalue weighted by atomic mass is 35.5. The first kappa shape index (κ1) is 21.6. The van der Waals surface area contributed by atoms with Gasteiger partial charge in [-0.2, -0.15) is 13.2 Å². The number of carbonyl (C=O) groups is 1. The van der Waals surface area contributed by atoms with Crippen LogP contribution in [-0.4, -0.2) is 34.0 Å². The molecule has 1 amide bonds. The summed E-state index contributed by atoms with van der Waals surface area (Å²) in [5, 5.41) is 14.3. The summed E-state index contributed by atoms with van der Waals surface area (Å²) in [6.45, 7) is 1.79. The Kier molecular flexibility index (Phi) is 6.19. The maximum atomic E-state index is 13.1. The lowest BCUT2D eigenvalue weighted by molar-refractivity contribution is -0.137. The monoisotopic (exact) mass is 429 g/mol. The van der Waals surface area contributed by atoms with Crippen LogP contribution in [-0.2, 0) is 11.7 Å². The van der Waals surface area contributed by atoms with Crippen molar-refractivity contribution in [1.29, 1.82) is 0 Å². The number of halogens is 4. The van der Waals surface area contributed by atoms with Gasteiger partial charge in [-0.1, -0.05) is 17.3 Å². The first-order valence-electron chi connectivity index (χ1n) is 9.50. The summed E-state index contributed by atoms with van der Waals surface area (Å²) in [6, 6.07) is 5.41. The van der Waals surface area contributed by atoms with Gasteiger partial charge in [0.25, 0.3) is 5.91 Å². The van der Waals surface area contributed by atoms with Crippen LogP contribution in [0.2, 0.25) is 0 Å². The van der Waals surface area contributed by atoms with Crippen LogP contribution in [0.5, 0.6) is 0 Å². The molecule has 10 heteroatoms. The maximum absolute atomic E-state index is 13.1. The second-order valence-electron chi connectivity index (χ2n) is 7.53. The van der Waals surface area contributed by atoms with E-state index in [0.29, 0.717) is 18.4 Å². The van der Waals surface area contributed by atoms with Gasteiger partial charge in [-0.25, -0.2) is 4.68 Å². The second-order valence-corrected chi connectivity index (χ2v) is 7.53. The van der Waals surface area contributed by atoms with Crippen LogP contribution >= 0.6 is 12.4 Å². The quantitative estimate of drug-likeness (QED) is 0.780. The number of benzene rings is 1. The van der Waals surface area contributed by atoms with Gasteiger partial charge in [-0.3, -0.25) is 4.79 Å². The maximum Gasteiger partial charge on any atom is 0.416 e. The summed E-state index contributed by atoms with van der Waals surface area (Å²) >= 11 is 0. The molecule has 0 bridgehead atoms. The Morgan fingerprint density at radius 1 is 1.24 bits per heavy atom. The molecule has 0 atom stereocenters. The average molecular weight is 430 g/mol. The van der Waals surface area contributed by atoms with Crippen molar-refractivity contribution in [2.75, 3.05) is 13.1 Å². The fourth-order valence-electron chi connectivity index (χ4n) is 3.92. The summed E-state index contributed by atoms with van der Waals surface area (Å²) in [6.07, 6.45) is 1.09. The summed E-state index contributed by atoms with van der Waals surface area (Å²) in [5.41, 5.74) is -0.816. The van der Waals surface area contributed by atoms with Gasteiger partial charge < -0.3 is 10.6 Å². The standard InChI is InChI=1S/C19H22F3N5O.ClH/c20-19(21,22)14-4-1-3-13(11-14)18(7-2-8-18)24-17(28)16-12-27(26-25-16)15-5-9-23-10-6-15;/h1,3-4,11-12,15,23H,2,5-10H2,(H,24,28);1H. The van der Waals surface area contributed by atoms with Crippen molar-refractivity contribution in [2.24, 2.45) is 0 Å². The van der Waals surface area contributed by atoms with E-state index in [9.17, 15) is 18.0 Å². The van der Waals surface area contributed by atoms with Crippen molar-refractivity contribution < 1.29 is 18.0 Å². The van der Waals surface area contributed by atoms with Crippen LogP contribution in [0.25, 0.3) is 0 Å². The fraction of sp³-hybridized carbons (Fsp3) is 0.526. The Bertz CT molecular complexity index is 860. The Balaban J connectivity index is 0.00000240. The number of amides is 1. The lowest BCUT2D eigenvalue weighted by atomic mass is 9.71. The van der Waals surface area contributed by atoms with Crippen molar-refractivity contribution in [3.63, 3.8) is 0 Å². The summed E-state index contributed by atoms with van der Waals surface area (Å²) < 4.78 is 40.9. The SMILES string of the molecule is Cl.O=C(NC1(c2cccc(C(F)(F)F)c2)CCC1)c1cn(C2CCNCC2)nn1. The first-order valence-corrected chi connectivity index (χ1v) is 9.50. The minimum Gasteiger partial charge on any atom is -0.341 e. The van der Waals surface area contributed by atoms with E-state index in [1.807, 2.05) is 0 Å². The molecular weight excluding hydrogens is 407 g/mol. The molecule has 29 heavy (non-hydrogen) atoms. The topological polar surface area (TPSA) is 71.8 Å². The van der Waals surface area contributed by atoms with Crippen molar-refractivity contribution in [1.82, 2.24) is 25.6 Å². The molecule has 0 radical (unpaired) electrons. The molecule has 0 unspecified atom stereocenters. The van der Waals surface area contributed by atoms with E-state index in [1.165, 1.54) is 6.07 Å². The van der Waals surface area contributed by atoms with Gasteiger partial charge in [-0.15, -0.1) is 17.5 Å². The highest BCUT2D eigenvalue weighted by Crippen LogP contribution is 2.43. The van der Waals surface area contributed by atoms with E-state index in [1.54, 1.807) is 16.9 Å². The molecule has 2 aromatic rings. The average Bonchev–Trinajstić information content (AvgIpc) is 3.15. The van der Waals surface area contributed by atoms with Gasteiger partial charge in [0, 0.05) is 0 Å². The summed E-state index contributed by atoms with van der Waals surface area (Å²) in [7, 11) is 0. The number of rotatable bonds is 4. The van der Waals surface area contributed by atoms with Crippen molar-refractivity contribution in [3.05, 3.63) is 47.3 Å². The molecule has 1 saturated carbocycles. The fourth-order valence-corrected chi connectivity index (χ4v) is 3.92. The van der Waals surface area contributed by atoms with E-state index in [-0.39, 0.29) is 24.1 Å². The minimum atomic E-state index is -4.41. The van der Waals surface area contributed by atoms with Gasteiger partial charge in [-0.05, 0) is 62.9 Å². The van der Waals surface area contributed by atoms with E-state index >= 15 is 0 Å². The van der Waals surface area contributed by atoms with E-state index < -0.39 is 23.2 Å². The van der Waals surface area contributed by atoms with Crippen LogP contribution in [0.15, 0.2) is 30.5 Å². The van der Waals surface area contributed by atoms with Crippen LogP contribution < -0.4 is 10.6 Å². The smallest absolute Gasteiger partial charge is 0.341 e. The Morgan fingerprint density at radius 2 is 1.97 bits per heavy atom. The zero-order valence-corrected chi connectivity index (χ0v) is 16.5. The molecule has 1 aliphatic heterocycles. The van der Waals surface area contributed by atoms with E-state index in [0.717, 1.165) is 44.5 Å². The normalized spacial score (nSPS) is 19.1. The third kappa shape index (κ3) is 4.40. The minimum absolute atomic E-state index is 0. The van der Waals surface area contributed by atoms with Gasteiger partial charge in [0.05, 0.1) is 23.3 Å². The lowest BCUT2D eigenvalue weighted by Crippen LogP contribution is -2.51. The molecule has 1 aromatic heterocycles. The number of alkyl halides is 3. The molecule has 6 nitrogen and oxygen atoms in total. The molecule has 1 saturated heterocycles. The molecule has 2 heterocycles. The zero-order valence-electron chi connectivity index (χ0n) is 15.7. The van der Waals surface area contributed by atoms with Crippen molar-refractivity contribution >= 4 is 18.3 Å². The largest absolute Gasteiger partial charge is 0.416 e. The van der Waals surface area contributed by atoms with Crippen molar-refractivity contribution in [3.8, 4) is 0 Å². The predicted molar refractivity (Wildman–Crippen MR) is 103 cm³/mol. The first-order chi connectivity index (χ1) is 13.4. The third-order valence-electron chi connectivity index (χ3n) is 5.73. The molecular formula is C19H23ClF3N5O. The predicted octanol–water partition coefficient (Wildman–Crippen LogP) is 3.45. The van der Waals surface area contributed by atoms with E-state index in [4.69, 9.17) is 0 Å². The number of aromatic nitrogens is 3. The number of hydrogen-bond donors (Lipinski definition) is 2. The van der Waals surface area contributed by atoms with Crippen LogP contribution in [0.4, 0.5) is 13.2 Å². The van der Waals surface area contributed by atoms with Gasteiger partial charge in [0.1, 0.15) is 0 Å². The molecule has 2 N–H and O–H groups in total. The number of nitrogens with one attached hydrogen (secondary N) is 2. The number of piperidine rings is 1. The number of hydrogen-bond acceptors (Lipinski definition) is 4. The highest BCUT2D eigenvalue weighted by molar-refractivity contribution is 5.92. The molecule has 4 rings (SSSR count). The van der Waals surface area contributed by atoms with Gasteiger partial charge in [0.15, 0.2) is 5.69 Å². The summed E-state index contributed by atoms with van der Waals surface area (Å²) in [5.74, 6) is -0.405. The Labute approximate surface area is 172 Å². The highest BCUT2D eigenvalue weighted by Gasteiger charge is 2.42. The molecule has 158 valence electrons. The van der Waals surface area contributed by atoms with Crippen LogP contribution in [0, 0.1) is 0 Å². The summed E-state index contributed by atoms with van der Waals surface area (Å²) in [4.78, 5) is 12.7.